The first-order valence-electron chi connectivity index (χ1n) is 7.68. The normalized spacial score (nSPS) is 40.8. The highest BCUT2D eigenvalue weighted by Crippen LogP contribution is 2.44. The Labute approximate surface area is 138 Å². The lowest BCUT2D eigenvalue weighted by molar-refractivity contribution is -0.228. The van der Waals surface area contributed by atoms with Crippen molar-refractivity contribution >= 4 is 11.8 Å². The molecule has 0 bridgehead atoms. The summed E-state index contributed by atoms with van der Waals surface area (Å²) < 4.78 is 30.1. The van der Waals surface area contributed by atoms with Gasteiger partial charge in [-0.3, -0.25) is 5.10 Å². The van der Waals surface area contributed by atoms with Crippen LogP contribution in [-0.2, 0) is 23.7 Å². The van der Waals surface area contributed by atoms with E-state index in [0.717, 1.165) is 5.16 Å². The Hall–Kier alpha value is -0.710. The molecule has 8 nitrogen and oxygen atoms in total. The zero-order valence-corrected chi connectivity index (χ0v) is 14.3. The molecule has 0 saturated carbocycles. The molecule has 0 amide bonds. The van der Waals surface area contributed by atoms with Crippen LogP contribution in [0.5, 0.6) is 0 Å². The number of ether oxygens (including phenoxy) is 5. The van der Waals surface area contributed by atoms with Crippen molar-refractivity contribution in [3.05, 3.63) is 6.33 Å². The van der Waals surface area contributed by atoms with E-state index in [2.05, 4.69) is 15.2 Å². The van der Waals surface area contributed by atoms with Crippen LogP contribution >= 0.6 is 11.8 Å². The standard InChI is InChI=1S/C14H21N3O5S/c1-13(2)19-8-7(5-23-12-15-6-16-17-12)18-11-10(9(8)20-13)21-14(3,4)22-11/h6-11H,5H2,1-4H3,(H,15,16,17)/t7-,8+,9+,10-,11-/m1/s1. The van der Waals surface area contributed by atoms with E-state index in [4.69, 9.17) is 23.7 Å². The van der Waals surface area contributed by atoms with Crippen molar-refractivity contribution in [2.45, 2.75) is 75.1 Å². The largest absolute Gasteiger partial charge is 0.343 e. The molecule has 0 spiro atoms. The summed E-state index contributed by atoms with van der Waals surface area (Å²) in [5.41, 5.74) is 0. The van der Waals surface area contributed by atoms with Gasteiger partial charge in [0.05, 0.1) is 6.10 Å². The van der Waals surface area contributed by atoms with Gasteiger partial charge in [0, 0.05) is 5.75 Å². The molecule has 5 atom stereocenters. The van der Waals surface area contributed by atoms with Gasteiger partial charge < -0.3 is 23.7 Å². The zero-order chi connectivity index (χ0) is 16.2. The van der Waals surface area contributed by atoms with Gasteiger partial charge in [0.15, 0.2) is 23.0 Å². The maximum Gasteiger partial charge on any atom is 0.190 e. The highest BCUT2D eigenvalue weighted by molar-refractivity contribution is 7.99. The second-order valence-electron chi connectivity index (χ2n) is 6.81. The fraction of sp³-hybridized carbons (Fsp3) is 0.857. The fourth-order valence-corrected chi connectivity index (χ4v) is 4.08. The molecular formula is C14H21N3O5S. The lowest BCUT2D eigenvalue weighted by atomic mass is 10.00. The van der Waals surface area contributed by atoms with E-state index in [-0.39, 0.29) is 24.4 Å². The Morgan fingerprint density at radius 2 is 1.74 bits per heavy atom. The average molecular weight is 343 g/mol. The molecule has 9 heteroatoms. The summed E-state index contributed by atoms with van der Waals surface area (Å²) >= 11 is 1.53. The van der Waals surface area contributed by atoms with Crippen molar-refractivity contribution in [2.24, 2.45) is 0 Å². The van der Waals surface area contributed by atoms with Crippen LogP contribution in [0.1, 0.15) is 27.7 Å². The van der Waals surface area contributed by atoms with E-state index in [1.807, 2.05) is 27.7 Å². The second kappa shape index (κ2) is 5.40. The quantitative estimate of drug-likeness (QED) is 0.822. The maximum absolute atomic E-state index is 6.12. The summed E-state index contributed by atoms with van der Waals surface area (Å²) in [6.45, 7) is 7.57. The SMILES string of the molecule is CC1(C)O[C@H]2[C@@H](O1)[C@@H](CSc1ncn[nH]1)O[C@@H]1OC(C)(C)O[C@@H]12. The van der Waals surface area contributed by atoms with E-state index >= 15 is 0 Å². The van der Waals surface area contributed by atoms with Crippen LogP contribution in [0.15, 0.2) is 11.5 Å². The average Bonchev–Trinajstić information content (AvgIpc) is 3.11. The molecule has 1 aromatic rings. The second-order valence-corrected chi connectivity index (χ2v) is 7.82. The van der Waals surface area contributed by atoms with Crippen molar-refractivity contribution in [3.8, 4) is 0 Å². The number of H-pyrrole nitrogens is 1. The van der Waals surface area contributed by atoms with Crippen molar-refractivity contribution in [2.75, 3.05) is 5.75 Å². The van der Waals surface area contributed by atoms with E-state index in [0.29, 0.717) is 5.75 Å². The van der Waals surface area contributed by atoms with Crippen LogP contribution in [0.25, 0.3) is 0 Å². The Balaban J connectivity index is 1.53. The molecule has 0 aliphatic carbocycles. The zero-order valence-electron chi connectivity index (χ0n) is 13.5. The third-order valence-corrected chi connectivity index (χ3v) is 4.99. The molecule has 4 heterocycles. The number of hydrogen-bond donors (Lipinski definition) is 1. The Kier molecular flexibility index (Phi) is 3.71. The van der Waals surface area contributed by atoms with Gasteiger partial charge >= 0.3 is 0 Å². The molecule has 1 aromatic heterocycles. The minimum absolute atomic E-state index is 0.185. The van der Waals surface area contributed by atoms with E-state index < -0.39 is 17.9 Å². The minimum Gasteiger partial charge on any atom is -0.343 e. The minimum atomic E-state index is -0.692. The van der Waals surface area contributed by atoms with Crippen LogP contribution in [-0.4, -0.2) is 63.2 Å². The van der Waals surface area contributed by atoms with Gasteiger partial charge in [-0.1, -0.05) is 11.8 Å². The van der Waals surface area contributed by atoms with E-state index in [9.17, 15) is 0 Å². The summed E-state index contributed by atoms with van der Waals surface area (Å²) in [6, 6.07) is 0. The number of hydrogen-bond acceptors (Lipinski definition) is 8. The number of aromatic nitrogens is 3. The third-order valence-electron chi connectivity index (χ3n) is 4.03. The molecule has 3 aliphatic rings. The Bertz CT molecular complexity index is 567. The predicted molar refractivity (Wildman–Crippen MR) is 79.6 cm³/mol. The van der Waals surface area contributed by atoms with Crippen molar-refractivity contribution in [3.63, 3.8) is 0 Å². The van der Waals surface area contributed by atoms with E-state index in [1.165, 1.54) is 18.1 Å². The number of nitrogens with zero attached hydrogens (tertiary/aromatic N) is 2. The van der Waals surface area contributed by atoms with E-state index in [1.54, 1.807) is 0 Å². The lowest BCUT2D eigenvalue weighted by Crippen LogP contribution is -2.55. The van der Waals surface area contributed by atoms with Gasteiger partial charge in [-0.2, -0.15) is 5.10 Å². The highest BCUT2D eigenvalue weighted by atomic mass is 32.2. The molecule has 3 aliphatic heterocycles. The fourth-order valence-electron chi connectivity index (χ4n) is 3.25. The summed E-state index contributed by atoms with van der Waals surface area (Å²) in [6.07, 6.45) is 0.130. The molecule has 4 rings (SSSR count). The summed E-state index contributed by atoms with van der Waals surface area (Å²) in [7, 11) is 0. The number of rotatable bonds is 3. The number of nitrogens with one attached hydrogen (secondary N) is 1. The van der Waals surface area contributed by atoms with Crippen LogP contribution in [0.2, 0.25) is 0 Å². The third kappa shape index (κ3) is 3.01. The van der Waals surface area contributed by atoms with Gasteiger partial charge in [0.2, 0.25) is 0 Å². The highest BCUT2D eigenvalue weighted by Gasteiger charge is 2.60. The first-order valence-corrected chi connectivity index (χ1v) is 8.66. The molecule has 0 radical (unpaired) electrons. The first-order chi connectivity index (χ1) is 10.8. The van der Waals surface area contributed by atoms with Gasteiger partial charge in [0.25, 0.3) is 0 Å². The monoisotopic (exact) mass is 343 g/mol. The maximum atomic E-state index is 6.12. The number of aromatic amines is 1. The van der Waals surface area contributed by atoms with Gasteiger partial charge in [0.1, 0.15) is 24.6 Å². The van der Waals surface area contributed by atoms with Gasteiger partial charge in [-0.05, 0) is 27.7 Å². The van der Waals surface area contributed by atoms with Crippen LogP contribution < -0.4 is 0 Å². The molecule has 0 unspecified atom stereocenters. The lowest BCUT2D eigenvalue weighted by Gasteiger charge is -2.37. The van der Waals surface area contributed by atoms with Gasteiger partial charge in [-0.15, -0.1) is 0 Å². The molecule has 0 aromatic carbocycles. The predicted octanol–water partition coefficient (Wildman–Crippen LogP) is 1.29. The Morgan fingerprint density at radius 3 is 2.48 bits per heavy atom. The summed E-state index contributed by atoms with van der Waals surface area (Å²) in [4.78, 5) is 4.12. The van der Waals surface area contributed by atoms with Crippen LogP contribution in [0.4, 0.5) is 0 Å². The molecule has 128 valence electrons. The Morgan fingerprint density at radius 1 is 1.04 bits per heavy atom. The number of fused-ring (bicyclic) bond motifs is 3. The molecule has 3 saturated heterocycles. The van der Waals surface area contributed by atoms with Crippen molar-refractivity contribution in [1.82, 2.24) is 15.2 Å². The topological polar surface area (TPSA) is 87.7 Å². The van der Waals surface area contributed by atoms with Crippen molar-refractivity contribution < 1.29 is 23.7 Å². The number of thioether (sulfide) groups is 1. The molecular weight excluding hydrogens is 322 g/mol. The molecule has 1 N–H and O–H groups in total. The molecule has 23 heavy (non-hydrogen) atoms. The first kappa shape index (κ1) is 15.8. The summed E-state index contributed by atoms with van der Waals surface area (Å²) in [5.74, 6) is -0.704. The molecule has 3 fully saturated rings. The van der Waals surface area contributed by atoms with Crippen LogP contribution in [0, 0.1) is 0 Å². The van der Waals surface area contributed by atoms with Crippen LogP contribution in [0.3, 0.4) is 0 Å². The van der Waals surface area contributed by atoms with Crippen molar-refractivity contribution in [1.29, 1.82) is 0 Å². The smallest absolute Gasteiger partial charge is 0.190 e. The summed E-state index contributed by atoms with van der Waals surface area (Å²) in [5, 5.41) is 7.42. The van der Waals surface area contributed by atoms with Gasteiger partial charge in [-0.25, -0.2) is 4.98 Å².